The first kappa shape index (κ1) is 17.1. The zero-order valence-corrected chi connectivity index (χ0v) is 14.9. The first-order chi connectivity index (χ1) is 10.2. The van der Waals surface area contributed by atoms with Crippen molar-refractivity contribution in [2.45, 2.75) is 59.3 Å². The van der Waals surface area contributed by atoms with Crippen molar-refractivity contribution >= 4 is 5.91 Å². The van der Waals surface area contributed by atoms with Crippen molar-refractivity contribution in [3.63, 3.8) is 0 Å². The molecule has 1 aliphatic heterocycles. The number of benzene rings is 1. The highest BCUT2D eigenvalue weighted by atomic mass is 16.2. The van der Waals surface area contributed by atoms with E-state index in [1.54, 1.807) is 0 Å². The molecule has 0 N–H and O–H groups in total. The van der Waals surface area contributed by atoms with Gasteiger partial charge < -0.3 is 4.90 Å². The molecule has 122 valence electrons. The number of nitrogens with zero attached hydrogens (tertiary/aromatic N) is 1. The van der Waals surface area contributed by atoms with Gasteiger partial charge in [0.15, 0.2) is 0 Å². The van der Waals surface area contributed by atoms with Crippen LogP contribution in [0.3, 0.4) is 0 Å². The van der Waals surface area contributed by atoms with Gasteiger partial charge in [-0.2, -0.15) is 0 Å². The van der Waals surface area contributed by atoms with Crippen LogP contribution < -0.4 is 0 Å². The number of rotatable bonds is 3. The van der Waals surface area contributed by atoms with Gasteiger partial charge in [-0.25, -0.2) is 0 Å². The molecular weight excluding hydrogens is 270 g/mol. The van der Waals surface area contributed by atoms with Gasteiger partial charge in [-0.15, -0.1) is 0 Å². The quantitative estimate of drug-likeness (QED) is 0.796. The molecule has 0 spiro atoms. The van der Waals surface area contributed by atoms with Crippen molar-refractivity contribution in [2.24, 2.45) is 11.3 Å². The molecule has 0 bridgehead atoms. The van der Waals surface area contributed by atoms with Crippen LogP contribution in [0.5, 0.6) is 0 Å². The highest BCUT2D eigenvalue weighted by Crippen LogP contribution is 2.35. The van der Waals surface area contributed by atoms with Gasteiger partial charge in [-0.1, -0.05) is 65.0 Å². The molecule has 2 heteroatoms. The van der Waals surface area contributed by atoms with Crippen molar-refractivity contribution in [3.8, 4) is 0 Å². The lowest BCUT2D eigenvalue weighted by Crippen LogP contribution is -2.44. The molecular formula is C20H31NO. The molecule has 1 aromatic carbocycles. The Bertz CT molecular complexity index is 490. The Morgan fingerprint density at radius 1 is 1.05 bits per heavy atom. The predicted molar refractivity (Wildman–Crippen MR) is 92.8 cm³/mol. The van der Waals surface area contributed by atoms with E-state index >= 15 is 0 Å². The topological polar surface area (TPSA) is 20.3 Å². The minimum atomic E-state index is -0.254. The summed E-state index contributed by atoms with van der Waals surface area (Å²) in [6.07, 6.45) is 3.48. The zero-order valence-electron chi connectivity index (χ0n) is 14.9. The predicted octanol–water partition coefficient (Wildman–Crippen LogP) is 4.64. The number of likely N-dealkylation sites (tertiary alicyclic amines) is 1. The first-order valence-electron chi connectivity index (χ1n) is 8.55. The molecule has 1 amide bonds. The van der Waals surface area contributed by atoms with Gasteiger partial charge in [0.05, 0.1) is 0 Å². The summed E-state index contributed by atoms with van der Waals surface area (Å²) in [5, 5.41) is 0. The third-order valence-electron chi connectivity index (χ3n) is 4.90. The van der Waals surface area contributed by atoms with E-state index in [-0.39, 0.29) is 10.8 Å². The smallest absolute Gasteiger partial charge is 0.227 e. The molecule has 0 aromatic heterocycles. The van der Waals surface area contributed by atoms with Gasteiger partial charge in [-0.3, -0.25) is 4.79 Å². The summed E-state index contributed by atoms with van der Waals surface area (Å²) in [6.45, 7) is 12.6. The fraction of sp³-hybridized carbons (Fsp3) is 0.650. The Kier molecular flexibility index (Phi) is 4.99. The van der Waals surface area contributed by atoms with Crippen LogP contribution in [0.25, 0.3) is 0 Å². The second-order valence-corrected chi connectivity index (χ2v) is 8.44. The normalized spacial score (nSPS) is 17.6. The molecule has 1 aliphatic rings. The number of carbonyl (C=O) groups excluding carboxylic acids is 1. The van der Waals surface area contributed by atoms with Gasteiger partial charge in [-0.05, 0) is 36.2 Å². The van der Waals surface area contributed by atoms with Crippen molar-refractivity contribution in [2.75, 3.05) is 13.1 Å². The van der Waals surface area contributed by atoms with E-state index in [2.05, 4.69) is 49.1 Å². The minimum Gasteiger partial charge on any atom is -0.342 e. The molecule has 0 atom stereocenters. The van der Waals surface area contributed by atoms with Crippen LogP contribution in [0.1, 0.15) is 59.4 Å². The summed E-state index contributed by atoms with van der Waals surface area (Å²) in [7, 11) is 0. The number of piperidine rings is 1. The van der Waals surface area contributed by atoms with Crippen LogP contribution in [0.15, 0.2) is 30.3 Å². The lowest BCUT2D eigenvalue weighted by molar-refractivity contribution is -0.141. The molecule has 0 unspecified atom stereocenters. The molecule has 2 rings (SSSR count). The molecule has 2 nitrogen and oxygen atoms in total. The second kappa shape index (κ2) is 6.44. The molecule has 1 heterocycles. The van der Waals surface area contributed by atoms with Crippen LogP contribution in [0, 0.1) is 11.3 Å². The number of hydrogen-bond donors (Lipinski definition) is 0. The molecule has 0 saturated carbocycles. The van der Waals surface area contributed by atoms with Gasteiger partial charge in [0.2, 0.25) is 5.91 Å². The van der Waals surface area contributed by atoms with Crippen LogP contribution in [-0.4, -0.2) is 23.9 Å². The van der Waals surface area contributed by atoms with E-state index in [1.807, 2.05) is 20.8 Å². The maximum Gasteiger partial charge on any atom is 0.227 e. The standard InChI is InChI=1S/C20H31NO/c1-19(2,3)18(22)21-13-11-16(12-14-21)15-20(4,5)17-9-7-6-8-10-17/h6-10,16H,11-15H2,1-5H3. The lowest BCUT2D eigenvalue weighted by atomic mass is 9.74. The summed E-state index contributed by atoms with van der Waals surface area (Å²) in [5.74, 6) is 1.02. The van der Waals surface area contributed by atoms with Gasteiger partial charge in [0, 0.05) is 18.5 Å². The molecule has 0 radical (unpaired) electrons. The Hall–Kier alpha value is -1.31. The molecule has 1 saturated heterocycles. The maximum absolute atomic E-state index is 12.4. The summed E-state index contributed by atoms with van der Waals surface area (Å²) >= 11 is 0. The highest BCUT2D eigenvalue weighted by Gasteiger charge is 2.32. The molecule has 1 aromatic rings. The Labute approximate surface area is 135 Å². The van der Waals surface area contributed by atoms with E-state index in [4.69, 9.17) is 0 Å². The van der Waals surface area contributed by atoms with Crippen LogP contribution in [-0.2, 0) is 10.2 Å². The number of carbonyl (C=O) groups is 1. The van der Waals surface area contributed by atoms with E-state index in [9.17, 15) is 4.79 Å². The molecule has 0 aliphatic carbocycles. The second-order valence-electron chi connectivity index (χ2n) is 8.44. The minimum absolute atomic E-state index is 0.210. The summed E-state index contributed by atoms with van der Waals surface area (Å²) in [4.78, 5) is 14.4. The third-order valence-corrected chi connectivity index (χ3v) is 4.90. The first-order valence-corrected chi connectivity index (χ1v) is 8.55. The monoisotopic (exact) mass is 301 g/mol. The largest absolute Gasteiger partial charge is 0.342 e. The van der Waals surface area contributed by atoms with Crippen molar-refractivity contribution < 1.29 is 4.79 Å². The number of amides is 1. The Balaban J connectivity index is 1.91. The SMILES string of the molecule is CC(C)(C)C(=O)N1CCC(CC(C)(C)c2ccccc2)CC1. The summed E-state index contributed by atoms with van der Waals surface area (Å²) < 4.78 is 0. The van der Waals surface area contributed by atoms with Gasteiger partial charge >= 0.3 is 0 Å². The number of hydrogen-bond acceptors (Lipinski definition) is 1. The van der Waals surface area contributed by atoms with Crippen LogP contribution in [0.4, 0.5) is 0 Å². The average Bonchev–Trinajstić information content (AvgIpc) is 2.47. The Morgan fingerprint density at radius 3 is 2.09 bits per heavy atom. The fourth-order valence-corrected chi connectivity index (χ4v) is 3.54. The Morgan fingerprint density at radius 2 is 1.59 bits per heavy atom. The van der Waals surface area contributed by atoms with E-state index in [0.717, 1.165) is 31.8 Å². The van der Waals surface area contributed by atoms with Crippen molar-refractivity contribution in [1.29, 1.82) is 0 Å². The third kappa shape index (κ3) is 4.12. The average molecular weight is 301 g/mol. The van der Waals surface area contributed by atoms with Crippen LogP contribution in [0.2, 0.25) is 0 Å². The van der Waals surface area contributed by atoms with E-state index in [1.165, 1.54) is 12.0 Å². The summed E-state index contributed by atoms with van der Waals surface area (Å²) in [6, 6.07) is 10.8. The highest BCUT2D eigenvalue weighted by molar-refractivity contribution is 5.81. The molecule has 22 heavy (non-hydrogen) atoms. The maximum atomic E-state index is 12.4. The van der Waals surface area contributed by atoms with Gasteiger partial charge in [0.25, 0.3) is 0 Å². The molecule has 1 fully saturated rings. The van der Waals surface area contributed by atoms with Crippen molar-refractivity contribution in [3.05, 3.63) is 35.9 Å². The van der Waals surface area contributed by atoms with E-state index in [0.29, 0.717) is 5.91 Å². The van der Waals surface area contributed by atoms with Crippen LogP contribution >= 0.6 is 0 Å². The van der Waals surface area contributed by atoms with Gasteiger partial charge in [0.1, 0.15) is 0 Å². The summed E-state index contributed by atoms with van der Waals surface area (Å²) in [5.41, 5.74) is 1.38. The van der Waals surface area contributed by atoms with E-state index < -0.39 is 0 Å². The lowest BCUT2D eigenvalue weighted by Gasteiger charge is -2.38. The fourth-order valence-electron chi connectivity index (χ4n) is 3.54. The zero-order chi connectivity index (χ0) is 16.4. The van der Waals surface area contributed by atoms with Crippen molar-refractivity contribution in [1.82, 2.24) is 4.90 Å².